The van der Waals surface area contributed by atoms with E-state index in [-0.39, 0.29) is 18.0 Å². The van der Waals surface area contributed by atoms with Crippen molar-refractivity contribution in [3.63, 3.8) is 0 Å². The van der Waals surface area contributed by atoms with Crippen LogP contribution in [0.4, 0.5) is 4.79 Å². The Hall–Kier alpha value is -2.09. The molecule has 0 bridgehead atoms. The van der Waals surface area contributed by atoms with Crippen molar-refractivity contribution in [3.8, 4) is 0 Å². The fraction of sp³-hybridized carbons (Fsp3) is 0.643. The second-order valence-corrected chi connectivity index (χ2v) is 5.70. The molecule has 0 spiro atoms. The SMILES string of the molecule is CCNC(=O)N1CCC(NC(=O)c2n[nH]c3c2CNCC3)C1. The number of aromatic nitrogens is 2. The van der Waals surface area contributed by atoms with Crippen LogP contribution in [0, 0.1) is 0 Å². The highest BCUT2D eigenvalue weighted by molar-refractivity contribution is 5.94. The Kier molecular flexibility index (Phi) is 4.28. The first-order chi connectivity index (χ1) is 10.7. The Morgan fingerprint density at radius 3 is 3.14 bits per heavy atom. The summed E-state index contributed by atoms with van der Waals surface area (Å²) in [5, 5.41) is 16.1. The Labute approximate surface area is 129 Å². The third-order valence-electron chi connectivity index (χ3n) is 4.16. The van der Waals surface area contributed by atoms with E-state index in [4.69, 9.17) is 0 Å². The van der Waals surface area contributed by atoms with Crippen LogP contribution < -0.4 is 16.0 Å². The van der Waals surface area contributed by atoms with Gasteiger partial charge in [-0.2, -0.15) is 5.10 Å². The van der Waals surface area contributed by atoms with Crippen molar-refractivity contribution < 1.29 is 9.59 Å². The predicted molar refractivity (Wildman–Crippen MR) is 80.5 cm³/mol. The molecular weight excluding hydrogens is 284 g/mol. The highest BCUT2D eigenvalue weighted by Gasteiger charge is 2.29. The summed E-state index contributed by atoms with van der Waals surface area (Å²) in [7, 11) is 0. The van der Waals surface area contributed by atoms with Gasteiger partial charge in [-0.05, 0) is 13.3 Å². The maximum atomic E-state index is 12.4. The third kappa shape index (κ3) is 2.92. The lowest BCUT2D eigenvalue weighted by Gasteiger charge is -2.17. The number of urea groups is 1. The number of fused-ring (bicyclic) bond motifs is 1. The van der Waals surface area contributed by atoms with Crippen LogP contribution >= 0.6 is 0 Å². The van der Waals surface area contributed by atoms with E-state index in [2.05, 4.69) is 26.1 Å². The monoisotopic (exact) mass is 306 g/mol. The van der Waals surface area contributed by atoms with E-state index in [1.807, 2.05) is 6.92 Å². The average Bonchev–Trinajstić information content (AvgIpc) is 3.14. The maximum absolute atomic E-state index is 12.4. The molecule has 1 atom stereocenters. The fourth-order valence-electron chi connectivity index (χ4n) is 2.99. The predicted octanol–water partition coefficient (Wildman–Crippen LogP) is -0.411. The number of likely N-dealkylation sites (tertiary alicyclic amines) is 1. The first-order valence-electron chi connectivity index (χ1n) is 7.79. The first kappa shape index (κ1) is 14.8. The van der Waals surface area contributed by atoms with Crippen LogP contribution in [0.15, 0.2) is 0 Å². The second kappa shape index (κ2) is 6.35. The van der Waals surface area contributed by atoms with Gasteiger partial charge in [0.25, 0.3) is 5.91 Å². The zero-order chi connectivity index (χ0) is 15.5. The largest absolute Gasteiger partial charge is 0.346 e. The number of H-pyrrole nitrogens is 1. The summed E-state index contributed by atoms with van der Waals surface area (Å²) in [5.74, 6) is -0.163. The van der Waals surface area contributed by atoms with Crippen LogP contribution in [0.3, 0.4) is 0 Å². The average molecular weight is 306 g/mol. The van der Waals surface area contributed by atoms with E-state index in [1.54, 1.807) is 4.90 Å². The number of nitrogens with zero attached hydrogens (tertiary/aromatic N) is 2. The zero-order valence-corrected chi connectivity index (χ0v) is 12.7. The van der Waals surface area contributed by atoms with Crippen molar-refractivity contribution in [1.29, 1.82) is 0 Å². The summed E-state index contributed by atoms with van der Waals surface area (Å²) >= 11 is 0. The standard InChI is InChI=1S/C14H22N6O2/c1-2-16-14(22)20-6-4-9(8-20)17-13(21)12-10-7-15-5-3-11(10)18-19-12/h9,15H,2-8H2,1H3,(H,16,22)(H,17,21)(H,18,19). The van der Waals surface area contributed by atoms with E-state index in [0.29, 0.717) is 31.9 Å². The van der Waals surface area contributed by atoms with Gasteiger partial charge in [0.05, 0.1) is 0 Å². The summed E-state index contributed by atoms with van der Waals surface area (Å²) < 4.78 is 0. The minimum atomic E-state index is -0.163. The van der Waals surface area contributed by atoms with Gasteiger partial charge in [0.2, 0.25) is 0 Å². The fourth-order valence-corrected chi connectivity index (χ4v) is 2.99. The molecule has 1 saturated heterocycles. The van der Waals surface area contributed by atoms with E-state index in [9.17, 15) is 9.59 Å². The number of amides is 3. The highest BCUT2D eigenvalue weighted by atomic mass is 16.2. The van der Waals surface area contributed by atoms with Crippen molar-refractivity contribution in [2.45, 2.75) is 32.4 Å². The molecule has 0 radical (unpaired) electrons. The molecule has 1 unspecified atom stereocenters. The Morgan fingerprint density at radius 1 is 1.45 bits per heavy atom. The lowest BCUT2D eigenvalue weighted by Crippen LogP contribution is -2.42. The molecule has 2 aliphatic heterocycles. The van der Waals surface area contributed by atoms with Gasteiger partial charge in [0.1, 0.15) is 0 Å². The van der Waals surface area contributed by atoms with Crippen molar-refractivity contribution in [2.24, 2.45) is 0 Å². The van der Waals surface area contributed by atoms with Crippen LogP contribution in [0.5, 0.6) is 0 Å². The summed E-state index contributed by atoms with van der Waals surface area (Å²) in [4.78, 5) is 25.9. The number of carbonyl (C=O) groups is 2. The van der Waals surface area contributed by atoms with E-state index >= 15 is 0 Å². The molecule has 8 heteroatoms. The number of aromatic amines is 1. The van der Waals surface area contributed by atoms with Gasteiger partial charge >= 0.3 is 6.03 Å². The Balaban J connectivity index is 1.59. The quantitative estimate of drug-likeness (QED) is 0.609. The van der Waals surface area contributed by atoms with Gasteiger partial charge in [-0.15, -0.1) is 0 Å². The first-order valence-corrected chi connectivity index (χ1v) is 7.79. The van der Waals surface area contributed by atoms with Gasteiger partial charge < -0.3 is 20.9 Å². The minimum Gasteiger partial charge on any atom is -0.346 e. The van der Waals surface area contributed by atoms with Gasteiger partial charge in [-0.25, -0.2) is 4.79 Å². The van der Waals surface area contributed by atoms with Crippen molar-refractivity contribution in [2.75, 3.05) is 26.2 Å². The lowest BCUT2D eigenvalue weighted by atomic mass is 10.1. The molecule has 3 amide bonds. The van der Waals surface area contributed by atoms with Crippen LogP contribution in [0.25, 0.3) is 0 Å². The molecule has 4 N–H and O–H groups in total. The van der Waals surface area contributed by atoms with Crippen LogP contribution in [-0.2, 0) is 13.0 Å². The smallest absolute Gasteiger partial charge is 0.317 e. The van der Waals surface area contributed by atoms with Gasteiger partial charge in [0, 0.05) is 56.4 Å². The van der Waals surface area contributed by atoms with Crippen LogP contribution in [0.1, 0.15) is 35.1 Å². The Morgan fingerprint density at radius 2 is 2.32 bits per heavy atom. The van der Waals surface area contributed by atoms with Crippen molar-refractivity contribution in [3.05, 3.63) is 17.0 Å². The highest BCUT2D eigenvalue weighted by Crippen LogP contribution is 2.16. The van der Waals surface area contributed by atoms with Crippen molar-refractivity contribution >= 4 is 11.9 Å². The topological polar surface area (TPSA) is 102 Å². The number of hydrogen-bond donors (Lipinski definition) is 4. The molecule has 2 aliphatic rings. The maximum Gasteiger partial charge on any atom is 0.317 e. The lowest BCUT2D eigenvalue weighted by molar-refractivity contribution is 0.0931. The zero-order valence-electron chi connectivity index (χ0n) is 12.7. The number of rotatable bonds is 3. The summed E-state index contributed by atoms with van der Waals surface area (Å²) in [5.41, 5.74) is 2.47. The number of hydrogen-bond acceptors (Lipinski definition) is 4. The second-order valence-electron chi connectivity index (χ2n) is 5.70. The molecule has 1 fully saturated rings. The Bertz CT molecular complexity index is 570. The molecule has 1 aromatic heterocycles. The molecular formula is C14H22N6O2. The van der Waals surface area contributed by atoms with E-state index in [0.717, 1.165) is 30.6 Å². The molecule has 1 aromatic rings. The number of nitrogens with one attached hydrogen (secondary N) is 4. The van der Waals surface area contributed by atoms with Crippen molar-refractivity contribution in [1.82, 2.24) is 31.0 Å². The molecule has 0 aromatic carbocycles. The summed E-state index contributed by atoms with van der Waals surface area (Å²) in [6, 6.07) is -0.0837. The van der Waals surface area contributed by atoms with E-state index < -0.39 is 0 Å². The molecule has 120 valence electrons. The number of carbonyl (C=O) groups excluding carboxylic acids is 2. The molecule has 3 rings (SSSR count). The van der Waals surface area contributed by atoms with Gasteiger partial charge in [0.15, 0.2) is 5.69 Å². The summed E-state index contributed by atoms with van der Waals surface area (Å²) in [6.07, 6.45) is 1.64. The van der Waals surface area contributed by atoms with E-state index in [1.165, 1.54) is 0 Å². The molecule has 8 nitrogen and oxygen atoms in total. The molecule has 3 heterocycles. The van der Waals surface area contributed by atoms with Crippen LogP contribution in [0.2, 0.25) is 0 Å². The molecule has 0 saturated carbocycles. The van der Waals surface area contributed by atoms with Gasteiger partial charge in [-0.1, -0.05) is 0 Å². The third-order valence-corrected chi connectivity index (χ3v) is 4.16. The minimum absolute atomic E-state index is 0.0148. The summed E-state index contributed by atoms with van der Waals surface area (Å²) in [6.45, 7) is 5.28. The van der Waals surface area contributed by atoms with Gasteiger partial charge in [-0.3, -0.25) is 9.89 Å². The molecule has 22 heavy (non-hydrogen) atoms. The molecule has 0 aliphatic carbocycles. The van der Waals surface area contributed by atoms with Crippen LogP contribution in [-0.4, -0.2) is 59.3 Å². The normalized spacial score (nSPS) is 20.6.